The molecule has 2 aliphatic carbocycles. The molecule has 3 rings (SSSR count). The largest absolute Gasteiger partial charge is 0.383 e. The zero-order valence-corrected chi connectivity index (χ0v) is 13.4. The van der Waals surface area contributed by atoms with Gasteiger partial charge in [0.15, 0.2) is 0 Å². The molecular weight excluding hydrogens is 258 g/mol. The predicted octanol–water partition coefficient (Wildman–Crippen LogP) is 3.90. The van der Waals surface area contributed by atoms with E-state index in [1.54, 1.807) is 7.11 Å². The van der Waals surface area contributed by atoms with Gasteiger partial charge in [0.2, 0.25) is 0 Å². The lowest BCUT2D eigenvalue weighted by Gasteiger charge is -2.59. The molecule has 1 aromatic carbocycles. The molecule has 0 atom stereocenters. The predicted molar refractivity (Wildman–Crippen MR) is 87.6 cm³/mol. The molecule has 0 aromatic heterocycles. The molecule has 0 saturated heterocycles. The van der Waals surface area contributed by atoms with Gasteiger partial charge in [-0.2, -0.15) is 0 Å². The second-order valence-electron chi connectivity index (χ2n) is 7.23. The van der Waals surface area contributed by atoms with Crippen LogP contribution in [0.25, 0.3) is 0 Å². The van der Waals surface area contributed by atoms with Crippen molar-refractivity contribution in [1.82, 2.24) is 5.32 Å². The Bertz CT molecular complexity index is 428. The molecule has 0 aliphatic heterocycles. The van der Waals surface area contributed by atoms with Crippen molar-refractivity contribution in [1.29, 1.82) is 0 Å². The quantitative estimate of drug-likeness (QED) is 0.801. The third kappa shape index (κ3) is 3.17. The molecule has 1 aromatic rings. The maximum Gasteiger partial charge on any atom is 0.0587 e. The first-order chi connectivity index (χ1) is 10.3. The van der Waals surface area contributed by atoms with Gasteiger partial charge in [-0.15, -0.1) is 0 Å². The summed E-state index contributed by atoms with van der Waals surface area (Å²) in [6.45, 7) is 2.86. The van der Waals surface area contributed by atoms with Crippen LogP contribution in [0.4, 0.5) is 0 Å². The summed E-state index contributed by atoms with van der Waals surface area (Å²) in [6.07, 6.45) is 10.0. The van der Waals surface area contributed by atoms with Gasteiger partial charge in [-0.3, -0.25) is 0 Å². The van der Waals surface area contributed by atoms with Crippen molar-refractivity contribution < 1.29 is 4.74 Å². The third-order valence-electron chi connectivity index (χ3n) is 5.67. The molecule has 2 saturated carbocycles. The SMILES string of the molecule is COCCNCC1(c2ccccc2)CC2(CCCCC2)C1. The smallest absolute Gasteiger partial charge is 0.0587 e. The van der Waals surface area contributed by atoms with Gasteiger partial charge in [0.25, 0.3) is 0 Å². The molecule has 0 radical (unpaired) electrons. The molecule has 116 valence electrons. The number of rotatable bonds is 6. The topological polar surface area (TPSA) is 21.3 Å². The summed E-state index contributed by atoms with van der Waals surface area (Å²) in [4.78, 5) is 0. The molecule has 2 aliphatic rings. The van der Waals surface area contributed by atoms with E-state index < -0.39 is 0 Å². The van der Waals surface area contributed by atoms with Crippen molar-refractivity contribution >= 4 is 0 Å². The summed E-state index contributed by atoms with van der Waals surface area (Å²) in [7, 11) is 1.77. The Balaban J connectivity index is 1.68. The number of nitrogens with one attached hydrogen (secondary N) is 1. The number of benzene rings is 1. The molecular formula is C19H29NO. The number of ether oxygens (including phenoxy) is 1. The second kappa shape index (κ2) is 6.50. The Hall–Kier alpha value is -0.860. The van der Waals surface area contributed by atoms with Crippen LogP contribution in [0.2, 0.25) is 0 Å². The van der Waals surface area contributed by atoms with Crippen LogP contribution in [0.1, 0.15) is 50.5 Å². The molecule has 1 spiro atoms. The van der Waals surface area contributed by atoms with E-state index in [-0.39, 0.29) is 0 Å². The maximum absolute atomic E-state index is 5.16. The van der Waals surface area contributed by atoms with E-state index in [0.29, 0.717) is 10.8 Å². The average Bonchev–Trinajstić information content (AvgIpc) is 2.51. The molecule has 1 N–H and O–H groups in total. The first-order valence-electron chi connectivity index (χ1n) is 8.54. The highest BCUT2D eigenvalue weighted by atomic mass is 16.5. The highest BCUT2D eigenvalue weighted by molar-refractivity contribution is 5.31. The average molecular weight is 287 g/mol. The van der Waals surface area contributed by atoms with E-state index >= 15 is 0 Å². The molecule has 2 nitrogen and oxygen atoms in total. The Morgan fingerprint density at radius 3 is 2.43 bits per heavy atom. The molecule has 0 heterocycles. The zero-order chi connectivity index (χ0) is 14.6. The lowest BCUT2D eigenvalue weighted by atomic mass is 9.46. The molecule has 2 heteroatoms. The van der Waals surface area contributed by atoms with Crippen molar-refractivity contribution in [2.75, 3.05) is 26.8 Å². The van der Waals surface area contributed by atoms with E-state index in [0.717, 1.165) is 19.7 Å². The van der Waals surface area contributed by atoms with Gasteiger partial charge < -0.3 is 10.1 Å². The Morgan fingerprint density at radius 2 is 1.76 bits per heavy atom. The molecule has 2 fully saturated rings. The summed E-state index contributed by atoms with van der Waals surface area (Å²) in [5.41, 5.74) is 2.56. The fraction of sp³-hybridized carbons (Fsp3) is 0.684. The van der Waals surface area contributed by atoms with E-state index in [9.17, 15) is 0 Å². The van der Waals surface area contributed by atoms with Crippen LogP contribution in [0.15, 0.2) is 30.3 Å². The third-order valence-corrected chi connectivity index (χ3v) is 5.67. The molecule has 0 bridgehead atoms. The van der Waals surface area contributed by atoms with Gasteiger partial charge in [0.05, 0.1) is 6.61 Å². The second-order valence-corrected chi connectivity index (χ2v) is 7.23. The van der Waals surface area contributed by atoms with Gasteiger partial charge in [-0.1, -0.05) is 49.6 Å². The zero-order valence-electron chi connectivity index (χ0n) is 13.4. The minimum Gasteiger partial charge on any atom is -0.383 e. The Morgan fingerprint density at radius 1 is 1.05 bits per heavy atom. The number of hydrogen-bond acceptors (Lipinski definition) is 2. The Labute approximate surface area is 129 Å². The van der Waals surface area contributed by atoms with Crippen molar-refractivity contribution in [3.8, 4) is 0 Å². The van der Waals surface area contributed by atoms with Crippen molar-refractivity contribution in [2.45, 2.75) is 50.4 Å². The minimum atomic E-state index is 0.367. The minimum absolute atomic E-state index is 0.367. The summed E-state index contributed by atoms with van der Waals surface area (Å²) < 4.78 is 5.16. The molecule has 0 amide bonds. The van der Waals surface area contributed by atoms with Crippen LogP contribution in [-0.2, 0) is 10.2 Å². The van der Waals surface area contributed by atoms with Crippen LogP contribution < -0.4 is 5.32 Å². The summed E-state index contributed by atoms with van der Waals surface area (Å²) in [6, 6.07) is 11.2. The van der Waals surface area contributed by atoms with Crippen LogP contribution in [-0.4, -0.2) is 26.8 Å². The molecule has 0 unspecified atom stereocenters. The van der Waals surface area contributed by atoms with Crippen LogP contribution in [0, 0.1) is 5.41 Å². The number of hydrogen-bond donors (Lipinski definition) is 1. The van der Waals surface area contributed by atoms with E-state index in [1.165, 1.54) is 50.5 Å². The van der Waals surface area contributed by atoms with E-state index in [2.05, 4.69) is 35.6 Å². The lowest BCUT2D eigenvalue weighted by Crippen LogP contribution is -2.55. The van der Waals surface area contributed by atoms with Gasteiger partial charge in [-0.25, -0.2) is 0 Å². The number of methoxy groups -OCH3 is 1. The van der Waals surface area contributed by atoms with Gasteiger partial charge in [-0.05, 0) is 36.7 Å². The van der Waals surface area contributed by atoms with E-state index in [4.69, 9.17) is 4.74 Å². The van der Waals surface area contributed by atoms with Crippen molar-refractivity contribution in [3.05, 3.63) is 35.9 Å². The lowest BCUT2D eigenvalue weighted by molar-refractivity contribution is -0.0132. The monoisotopic (exact) mass is 287 g/mol. The summed E-state index contributed by atoms with van der Waals surface area (Å²) in [5, 5.41) is 3.62. The first kappa shape index (κ1) is 15.1. The highest BCUT2D eigenvalue weighted by Gasteiger charge is 2.54. The van der Waals surface area contributed by atoms with Gasteiger partial charge in [0, 0.05) is 25.6 Å². The normalized spacial score (nSPS) is 22.9. The van der Waals surface area contributed by atoms with Crippen LogP contribution in [0.5, 0.6) is 0 Å². The maximum atomic E-state index is 5.16. The molecule has 21 heavy (non-hydrogen) atoms. The Kier molecular flexibility index (Phi) is 4.66. The van der Waals surface area contributed by atoms with Crippen molar-refractivity contribution in [3.63, 3.8) is 0 Å². The first-order valence-corrected chi connectivity index (χ1v) is 8.54. The standard InChI is InChI=1S/C19H29NO/c1-21-13-12-20-16-19(17-8-4-2-5-9-17)14-18(15-19)10-6-3-7-11-18/h2,4-5,8-9,20H,3,6-7,10-16H2,1H3. The van der Waals surface area contributed by atoms with Gasteiger partial charge >= 0.3 is 0 Å². The van der Waals surface area contributed by atoms with Crippen LogP contribution in [0.3, 0.4) is 0 Å². The van der Waals surface area contributed by atoms with Gasteiger partial charge in [0.1, 0.15) is 0 Å². The fourth-order valence-corrected chi connectivity index (χ4v) is 4.76. The van der Waals surface area contributed by atoms with Crippen LogP contribution >= 0.6 is 0 Å². The summed E-state index contributed by atoms with van der Waals surface area (Å²) >= 11 is 0. The summed E-state index contributed by atoms with van der Waals surface area (Å²) in [5.74, 6) is 0. The fourth-order valence-electron chi connectivity index (χ4n) is 4.76. The van der Waals surface area contributed by atoms with Crippen molar-refractivity contribution in [2.24, 2.45) is 5.41 Å². The van der Waals surface area contributed by atoms with E-state index in [1.807, 2.05) is 0 Å². The highest BCUT2D eigenvalue weighted by Crippen LogP contribution is 2.61.